The minimum atomic E-state index is -0.249. The van der Waals surface area contributed by atoms with Crippen LogP contribution in [0.5, 0.6) is 11.5 Å². The fourth-order valence-electron chi connectivity index (χ4n) is 4.29. The van der Waals surface area contributed by atoms with Gasteiger partial charge in [-0.25, -0.2) is 4.79 Å². The predicted octanol–water partition coefficient (Wildman–Crippen LogP) is 5.34. The van der Waals surface area contributed by atoms with Crippen molar-refractivity contribution in [3.05, 3.63) is 61.4 Å². The summed E-state index contributed by atoms with van der Waals surface area (Å²) in [7, 11) is 1.58. The molecule has 0 saturated heterocycles. The third-order valence-electron chi connectivity index (χ3n) is 5.73. The Morgan fingerprint density at radius 2 is 1.83 bits per heavy atom. The van der Waals surface area contributed by atoms with Crippen LogP contribution in [0.1, 0.15) is 29.5 Å². The van der Waals surface area contributed by atoms with E-state index in [-0.39, 0.29) is 5.63 Å². The summed E-state index contributed by atoms with van der Waals surface area (Å²) < 4.78 is 17.0. The highest BCUT2D eigenvalue weighted by molar-refractivity contribution is 6.33. The summed E-state index contributed by atoms with van der Waals surface area (Å²) in [5.74, 6) is 1.19. The van der Waals surface area contributed by atoms with Crippen LogP contribution in [0, 0.1) is 0 Å². The lowest BCUT2D eigenvalue weighted by Gasteiger charge is -2.32. The van der Waals surface area contributed by atoms with Crippen molar-refractivity contribution in [3.8, 4) is 11.5 Å². The lowest BCUT2D eigenvalue weighted by Crippen LogP contribution is -2.32. The maximum absolute atomic E-state index is 12.6. The molecule has 1 aliphatic heterocycles. The second-order valence-corrected chi connectivity index (χ2v) is 8.20. The number of fused-ring (bicyclic) bond motifs is 5. The molecule has 5 rings (SSSR count). The van der Waals surface area contributed by atoms with Crippen LogP contribution >= 0.6 is 23.2 Å². The quantitative estimate of drug-likeness (QED) is 0.512. The normalized spacial score (nSPS) is 15.6. The van der Waals surface area contributed by atoms with Gasteiger partial charge in [0.15, 0.2) is 6.73 Å². The van der Waals surface area contributed by atoms with E-state index in [0.717, 1.165) is 53.4 Å². The molecule has 0 N–H and O–H groups in total. The highest BCUT2D eigenvalue weighted by Gasteiger charge is 2.28. The van der Waals surface area contributed by atoms with Crippen LogP contribution < -0.4 is 20.0 Å². The molecule has 1 aliphatic carbocycles. The Kier molecular flexibility index (Phi) is 4.60. The number of ether oxygens (including phenoxy) is 2. The van der Waals surface area contributed by atoms with Crippen LogP contribution in [0.4, 0.5) is 5.69 Å². The van der Waals surface area contributed by atoms with Gasteiger partial charge in [-0.15, -0.1) is 0 Å². The second kappa shape index (κ2) is 7.15. The third-order valence-corrected chi connectivity index (χ3v) is 6.31. The lowest BCUT2D eigenvalue weighted by molar-refractivity contribution is 0.289. The average Bonchev–Trinajstić information content (AvgIpc) is 2.74. The highest BCUT2D eigenvalue weighted by Crippen LogP contribution is 2.42. The van der Waals surface area contributed by atoms with E-state index in [2.05, 4.69) is 0 Å². The van der Waals surface area contributed by atoms with Crippen LogP contribution in [-0.4, -0.2) is 13.8 Å². The first-order chi connectivity index (χ1) is 14.1. The van der Waals surface area contributed by atoms with E-state index < -0.39 is 0 Å². The molecule has 0 radical (unpaired) electrons. The van der Waals surface area contributed by atoms with Crippen molar-refractivity contribution in [2.75, 3.05) is 18.7 Å². The van der Waals surface area contributed by atoms with Crippen molar-refractivity contribution in [3.63, 3.8) is 0 Å². The molecular formula is C22H19Cl2NO4. The Morgan fingerprint density at radius 3 is 2.59 bits per heavy atom. The summed E-state index contributed by atoms with van der Waals surface area (Å²) in [5, 5.41) is 1.98. The van der Waals surface area contributed by atoms with Gasteiger partial charge < -0.3 is 18.8 Å². The molecule has 0 amide bonds. The molecule has 1 aromatic heterocycles. The lowest BCUT2D eigenvalue weighted by atomic mass is 9.90. The number of aryl methyl sites for hydroxylation is 1. The number of rotatable bonds is 2. The fraction of sp³-hybridized carbons (Fsp3) is 0.318. The van der Waals surface area contributed by atoms with E-state index in [9.17, 15) is 4.79 Å². The van der Waals surface area contributed by atoms with Crippen LogP contribution in [0.3, 0.4) is 0 Å². The standard InChI is InChI=1S/C22H19Cl2NO4/c1-27-19-7-6-12(8-17(19)23)25-10-16-20-15(9-18(24)21(16)28-11-25)13-4-2-3-5-14(13)22(26)29-20/h6-9H,2-5,10-11H2,1H3. The van der Waals surface area contributed by atoms with E-state index >= 15 is 0 Å². The van der Waals surface area contributed by atoms with Gasteiger partial charge in [0.05, 0.1) is 29.3 Å². The van der Waals surface area contributed by atoms with Gasteiger partial charge in [-0.3, -0.25) is 0 Å². The van der Waals surface area contributed by atoms with Gasteiger partial charge in [0.25, 0.3) is 0 Å². The van der Waals surface area contributed by atoms with E-state index in [4.69, 9.17) is 37.1 Å². The molecule has 0 unspecified atom stereocenters. The summed E-state index contributed by atoms with van der Waals surface area (Å²) in [4.78, 5) is 14.6. The second-order valence-electron chi connectivity index (χ2n) is 7.39. The smallest absolute Gasteiger partial charge is 0.339 e. The first-order valence-electron chi connectivity index (χ1n) is 9.58. The SMILES string of the molecule is COc1ccc(N2COc3c(Cl)cc4c5c(c(=O)oc4c3C2)CCCC5)cc1Cl. The van der Waals surface area contributed by atoms with E-state index in [1.807, 2.05) is 29.2 Å². The Labute approximate surface area is 177 Å². The highest BCUT2D eigenvalue weighted by atomic mass is 35.5. The number of halogens is 2. The Morgan fingerprint density at radius 1 is 1.03 bits per heavy atom. The van der Waals surface area contributed by atoms with Crippen molar-refractivity contribution >= 4 is 39.9 Å². The molecule has 150 valence electrons. The number of anilines is 1. The molecule has 0 fully saturated rings. The Bertz CT molecular complexity index is 1190. The molecule has 0 spiro atoms. The van der Waals surface area contributed by atoms with Gasteiger partial charge in [0, 0.05) is 16.6 Å². The van der Waals surface area contributed by atoms with Gasteiger partial charge in [-0.2, -0.15) is 0 Å². The summed E-state index contributed by atoms with van der Waals surface area (Å²) in [6.45, 7) is 0.812. The van der Waals surface area contributed by atoms with E-state index in [1.165, 1.54) is 0 Å². The maximum Gasteiger partial charge on any atom is 0.339 e. The average molecular weight is 432 g/mol. The third kappa shape index (κ3) is 3.04. The molecule has 2 aliphatic rings. The van der Waals surface area contributed by atoms with Crippen LogP contribution in [0.15, 0.2) is 33.5 Å². The van der Waals surface area contributed by atoms with Crippen LogP contribution in [-0.2, 0) is 19.4 Å². The van der Waals surface area contributed by atoms with Crippen molar-refractivity contribution in [1.29, 1.82) is 0 Å². The first-order valence-corrected chi connectivity index (χ1v) is 10.3. The molecule has 7 heteroatoms. The summed E-state index contributed by atoms with van der Waals surface area (Å²) in [5.41, 5.74) is 3.85. The van der Waals surface area contributed by atoms with E-state index in [0.29, 0.717) is 40.4 Å². The molecule has 3 aromatic rings. The molecule has 0 atom stereocenters. The van der Waals surface area contributed by atoms with E-state index in [1.54, 1.807) is 7.11 Å². The van der Waals surface area contributed by atoms with Crippen LogP contribution in [0.25, 0.3) is 11.0 Å². The zero-order valence-corrected chi connectivity index (χ0v) is 17.4. The van der Waals surface area contributed by atoms with Crippen LogP contribution in [0.2, 0.25) is 10.0 Å². The van der Waals surface area contributed by atoms with Gasteiger partial charge in [0.2, 0.25) is 0 Å². The maximum atomic E-state index is 12.6. The summed E-state index contributed by atoms with van der Waals surface area (Å²) in [6.07, 6.45) is 3.70. The molecule has 2 aromatic carbocycles. The van der Waals surface area contributed by atoms with Gasteiger partial charge in [-0.05, 0) is 55.5 Å². The van der Waals surface area contributed by atoms with Gasteiger partial charge in [0.1, 0.15) is 17.1 Å². The van der Waals surface area contributed by atoms with Gasteiger partial charge >= 0.3 is 5.63 Å². The monoisotopic (exact) mass is 431 g/mol. The fourth-order valence-corrected chi connectivity index (χ4v) is 4.82. The molecule has 5 nitrogen and oxygen atoms in total. The molecule has 2 heterocycles. The molecule has 29 heavy (non-hydrogen) atoms. The molecule has 0 saturated carbocycles. The number of methoxy groups -OCH3 is 1. The minimum absolute atomic E-state index is 0.249. The largest absolute Gasteiger partial charge is 0.495 e. The Balaban J connectivity index is 1.64. The summed E-state index contributed by atoms with van der Waals surface area (Å²) in [6, 6.07) is 7.45. The van der Waals surface area contributed by atoms with Crippen molar-refractivity contribution in [2.24, 2.45) is 0 Å². The number of hydrogen-bond donors (Lipinski definition) is 0. The topological polar surface area (TPSA) is 51.9 Å². The first kappa shape index (κ1) is 18.6. The zero-order valence-electron chi connectivity index (χ0n) is 15.9. The van der Waals surface area contributed by atoms with Crippen molar-refractivity contribution < 1.29 is 13.9 Å². The number of nitrogens with zero attached hydrogens (tertiary/aromatic N) is 1. The minimum Gasteiger partial charge on any atom is -0.495 e. The predicted molar refractivity (Wildman–Crippen MR) is 114 cm³/mol. The Hall–Kier alpha value is -2.37. The molecule has 0 bridgehead atoms. The number of hydrogen-bond acceptors (Lipinski definition) is 5. The van der Waals surface area contributed by atoms with Crippen molar-refractivity contribution in [2.45, 2.75) is 32.2 Å². The number of benzene rings is 2. The zero-order chi connectivity index (χ0) is 20.1. The molecular weight excluding hydrogens is 413 g/mol. The van der Waals surface area contributed by atoms with Gasteiger partial charge in [-0.1, -0.05) is 23.2 Å². The van der Waals surface area contributed by atoms with Crippen molar-refractivity contribution in [1.82, 2.24) is 0 Å². The summed E-state index contributed by atoms with van der Waals surface area (Å²) >= 11 is 12.9.